The molecule has 0 aromatic carbocycles. The van der Waals surface area contributed by atoms with Gasteiger partial charge in [0.1, 0.15) is 5.78 Å². The normalized spacial score (nSPS) is 29.6. The highest BCUT2D eigenvalue weighted by Gasteiger charge is 2.34. The van der Waals surface area contributed by atoms with Crippen LogP contribution in [0.25, 0.3) is 0 Å². The van der Waals surface area contributed by atoms with Crippen LogP contribution in [0.1, 0.15) is 92.4 Å². The Morgan fingerprint density at radius 2 is 1.96 bits per heavy atom. The summed E-state index contributed by atoms with van der Waals surface area (Å²) in [4.78, 5) is 25.0. The number of carbonyl (C=O) groups excluding carboxylic acids is 2. The standard InChI is InChI=1S/C22H38O3/c1-6-9-19-16-18(3)11-7-10-17(2)12-8-15-25-20(23)13-14-22(4,5)21(19)24/h12,18-19H,6-11,13-16H2,1-5H3/b17-12+. The maximum Gasteiger partial charge on any atom is 0.305 e. The van der Waals surface area contributed by atoms with Crippen LogP contribution in [0.2, 0.25) is 0 Å². The van der Waals surface area contributed by atoms with E-state index in [1.54, 1.807) is 0 Å². The first kappa shape index (κ1) is 21.9. The largest absolute Gasteiger partial charge is 0.465 e. The molecule has 0 aliphatic carbocycles. The molecule has 0 aromatic heterocycles. The summed E-state index contributed by atoms with van der Waals surface area (Å²) >= 11 is 0. The van der Waals surface area contributed by atoms with Gasteiger partial charge in [-0.15, -0.1) is 0 Å². The summed E-state index contributed by atoms with van der Waals surface area (Å²) in [5.41, 5.74) is 0.921. The van der Waals surface area contributed by atoms with Crippen LogP contribution in [0, 0.1) is 17.3 Å². The van der Waals surface area contributed by atoms with Gasteiger partial charge in [0.25, 0.3) is 0 Å². The number of ether oxygens (including phenoxy) is 1. The van der Waals surface area contributed by atoms with E-state index >= 15 is 0 Å². The Kier molecular flexibility index (Phi) is 9.45. The Bertz CT molecular complexity index is 462. The van der Waals surface area contributed by atoms with Crippen molar-refractivity contribution in [1.29, 1.82) is 0 Å². The number of allylic oxidation sites excluding steroid dienone is 1. The highest BCUT2D eigenvalue weighted by molar-refractivity contribution is 5.86. The fourth-order valence-electron chi connectivity index (χ4n) is 3.78. The predicted octanol–water partition coefficient (Wildman–Crippen LogP) is 5.87. The van der Waals surface area contributed by atoms with Crippen LogP contribution in [-0.4, -0.2) is 18.4 Å². The van der Waals surface area contributed by atoms with Gasteiger partial charge < -0.3 is 4.74 Å². The summed E-state index contributed by atoms with van der Waals surface area (Å²) in [6.45, 7) is 11.0. The molecule has 1 rings (SSSR count). The Hall–Kier alpha value is -1.12. The third-order valence-electron chi connectivity index (χ3n) is 5.46. The molecule has 1 heterocycles. The van der Waals surface area contributed by atoms with E-state index in [4.69, 9.17) is 4.74 Å². The van der Waals surface area contributed by atoms with Crippen molar-refractivity contribution in [2.24, 2.45) is 17.3 Å². The lowest BCUT2D eigenvalue weighted by Crippen LogP contribution is -2.32. The molecule has 25 heavy (non-hydrogen) atoms. The molecule has 0 saturated carbocycles. The zero-order chi connectivity index (χ0) is 18.9. The van der Waals surface area contributed by atoms with Gasteiger partial charge in [-0.1, -0.05) is 52.2 Å². The van der Waals surface area contributed by atoms with Crippen LogP contribution >= 0.6 is 0 Å². The minimum Gasteiger partial charge on any atom is -0.465 e. The number of cyclic esters (lactones) is 1. The van der Waals surface area contributed by atoms with Gasteiger partial charge >= 0.3 is 5.97 Å². The molecule has 0 fully saturated rings. The number of hydrogen-bond donors (Lipinski definition) is 0. The SMILES string of the molecule is CCCC1CC(C)CCC/C(C)=C/CCOC(=O)CCC(C)(C)C1=O. The van der Waals surface area contributed by atoms with Gasteiger partial charge in [-0.05, 0) is 51.4 Å². The molecule has 1 aliphatic rings. The monoisotopic (exact) mass is 350 g/mol. The molecule has 144 valence electrons. The molecule has 3 heteroatoms. The van der Waals surface area contributed by atoms with Gasteiger partial charge in [-0.25, -0.2) is 0 Å². The van der Waals surface area contributed by atoms with Crippen molar-refractivity contribution in [1.82, 2.24) is 0 Å². The Labute approximate surface area is 154 Å². The van der Waals surface area contributed by atoms with Crippen LogP contribution < -0.4 is 0 Å². The van der Waals surface area contributed by atoms with Gasteiger partial charge in [-0.2, -0.15) is 0 Å². The first-order valence-electron chi connectivity index (χ1n) is 10.1. The fraction of sp³-hybridized carbons (Fsp3) is 0.818. The van der Waals surface area contributed by atoms with Crippen molar-refractivity contribution in [2.45, 2.75) is 92.4 Å². The molecular formula is C22H38O3. The van der Waals surface area contributed by atoms with Gasteiger partial charge in [-0.3, -0.25) is 9.59 Å². The predicted molar refractivity (Wildman–Crippen MR) is 103 cm³/mol. The zero-order valence-corrected chi connectivity index (χ0v) is 17.0. The molecule has 2 atom stereocenters. The topological polar surface area (TPSA) is 43.4 Å². The number of rotatable bonds is 2. The average molecular weight is 351 g/mol. The second-order valence-corrected chi connectivity index (χ2v) is 8.53. The highest BCUT2D eigenvalue weighted by atomic mass is 16.5. The smallest absolute Gasteiger partial charge is 0.305 e. The summed E-state index contributed by atoms with van der Waals surface area (Å²) in [7, 11) is 0. The number of carbonyl (C=O) groups is 2. The molecule has 0 N–H and O–H groups in total. The van der Waals surface area contributed by atoms with Crippen molar-refractivity contribution in [3.8, 4) is 0 Å². The Morgan fingerprint density at radius 3 is 2.64 bits per heavy atom. The lowest BCUT2D eigenvalue weighted by atomic mass is 9.73. The van der Waals surface area contributed by atoms with Gasteiger partial charge in [0.05, 0.1) is 6.61 Å². The number of Topliss-reactive ketones (excluding diaryl/α,β-unsaturated/α-hetero) is 1. The van der Waals surface area contributed by atoms with Gasteiger partial charge in [0.15, 0.2) is 0 Å². The Morgan fingerprint density at radius 1 is 1.24 bits per heavy atom. The maximum absolute atomic E-state index is 13.1. The van der Waals surface area contributed by atoms with Crippen LogP contribution in [0.3, 0.4) is 0 Å². The van der Waals surface area contributed by atoms with Crippen LogP contribution in [0.15, 0.2) is 11.6 Å². The molecule has 2 unspecified atom stereocenters. The average Bonchev–Trinajstić information content (AvgIpc) is 2.55. The minimum absolute atomic E-state index is 0.121. The fourth-order valence-corrected chi connectivity index (χ4v) is 3.78. The molecule has 0 bridgehead atoms. The van der Waals surface area contributed by atoms with Crippen molar-refractivity contribution in [3.63, 3.8) is 0 Å². The molecule has 0 spiro atoms. The van der Waals surface area contributed by atoms with E-state index < -0.39 is 5.41 Å². The van der Waals surface area contributed by atoms with E-state index in [2.05, 4.69) is 26.8 Å². The lowest BCUT2D eigenvalue weighted by Gasteiger charge is -2.29. The maximum atomic E-state index is 13.1. The summed E-state index contributed by atoms with van der Waals surface area (Å²) in [5.74, 6) is 0.842. The summed E-state index contributed by atoms with van der Waals surface area (Å²) < 4.78 is 5.32. The van der Waals surface area contributed by atoms with E-state index in [0.29, 0.717) is 31.1 Å². The third-order valence-corrected chi connectivity index (χ3v) is 5.46. The van der Waals surface area contributed by atoms with Crippen molar-refractivity contribution in [3.05, 3.63) is 11.6 Å². The van der Waals surface area contributed by atoms with Gasteiger partial charge in [0, 0.05) is 17.8 Å². The molecule has 0 aromatic rings. The van der Waals surface area contributed by atoms with Crippen molar-refractivity contribution in [2.75, 3.05) is 6.61 Å². The summed E-state index contributed by atoms with van der Waals surface area (Å²) in [6.07, 6.45) is 10.3. The van der Waals surface area contributed by atoms with E-state index in [9.17, 15) is 9.59 Å². The molecule has 0 amide bonds. The molecule has 0 saturated heterocycles. The van der Waals surface area contributed by atoms with Gasteiger partial charge in [0.2, 0.25) is 0 Å². The zero-order valence-electron chi connectivity index (χ0n) is 17.0. The van der Waals surface area contributed by atoms with E-state index in [1.165, 1.54) is 18.4 Å². The lowest BCUT2D eigenvalue weighted by molar-refractivity contribution is -0.144. The van der Waals surface area contributed by atoms with Crippen LogP contribution in [0.4, 0.5) is 0 Å². The second-order valence-electron chi connectivity index (χ2n) is 8.53. The van der Waals surface area contributed by atoms with E-state index in [-0.39, 0.29) is 11.9 Å². The summed E-state index contributed by atoms with van der Waals surface area (Å²) in [5, 5.41) is 0. The highest BCUT2D eigenvalue weighted by Crippen LogP contribution is 2.33. The Balaban J connectivity index is 2.86. The van der Waals surface area contributed by atoms with Crippen LogP contribution in [0.5, 0.6) is 0 Å². The van der Waals surface area contributed by atoms with E-state index in [1.807, 2.05) is 13.8 Å². The van der Waals surface area contributed by atoms with Crippen molar-refractivity contribution < 1.29 is 14.3 Å². The van der Waals surface area contributed by atoms with Crippen LogP contribution in [-0.2, 0) is 14.3 Å². The molecular weight excluding hydrogens is 312 g/mol. The molecule has 0 radical (unpaired) electrons. The number of ketones is 1. The third kappa shape index (κ3) is 8.20. The van der Waals surface area contributed by atoms with E-state index in [0.717, 1.165) is 32.1 Å². The molecule has 1 aliphatic heterocycles. The minimum atomic E-state index is -0.452. The number of esters is 1. The first-order chi connectivity index (χ1) is 11.8. The second kappa shape index (κ2) is 10.8. The first-order valence-corrected chi connectivity index (χ1v) is 10.1. The quantitative estimate of drug-likeness (QED) is 0.462. The summed E-state index contributed by atoms with van der Waals surface area (Å²) in [6, 6.07) is 0. The number of hydrogen-bond acceptors (Lipinski definition) is 3. The van der Waals surface area contributed by atoms with Crippen molar-refractivity contribution >= 4 is 11.8 Å². The molecule has 3 nitrogen and oxygen atoms in total.